The van der Waals surface area contributed by atoms with Gasteiger partial charge in [0.25, 0.3) is 5.56 Å². The van der Waals surface area contributed by atoms with Crippen molar-refractivity contribution in [3.05, 3.63) is 52.8 Å². The molecule has 140 valence electrons. The number of aromatic amines is 1. The summed E-state index contributed by atoms with van der Waals surface area (Å²) < 4.78 is 0. The largest absolute Gasteiger partial charge is 0.325 e. The van der Waals surface area contributed by atoms with Crippen molar-refractivity contribution >= 4 is 33.3 Å². The Morgan fingerprint density at radius 3 is 2.59 bits per heavy atom. The summed E-state index contributed by atoms with van der Waals surface area (Å²) >= 11 is 0. The number of H-pyrrole nitrogens is 1. The SMILES string of the molecule is O=C(CNCC1CCCCC1)Nc1ccc2[nH]c(=O)c3ccccc3c2c1. The van der Waals surface area contributed by atoms with Crippen molar-refractivity contribution in [3.63, 3.8) is 0 Å². The Bertz CT molecular complexity index is 1020. The molecule has 0 atom stereocenters. The Kier molecular flexibility index (Phi) is 5.21. The quantitative estimate of drug-likeness (QED) is 0.604. The summed E-state index contributed by atoms with van der Waals surface area (Å²) in [7, 11) is 0. The van der Waals surface area contributed by atoms with E-state index >= 15 is 0 Å². The number of amides is 1. The molecule has 1 aliphatic rings. The van der Waals surface area contributed by atoms with E-state index in [-0.39, 0.29) is 11.5 Å². The molecular weight excluding hydrogens is 338 g/mol. The summed E-state index contributed by atoms with van der Waals surface area (Å²) in [6, 6.07) is 13.1. The van der Waals surface area contributed by atoms with Gasteiger partial charge in [-0.2, -0.15) is 0 Å². The van der Waals surface area contributed by atoms with Gasteiger partial charge in [-0.05, 0) is 55.0 Å². The first-order valence-electron chi connectivity index (χ1n) is 9.76. The first-order valence-corrected chi connectivity index (χ1v) is 9.76. The van der Waals surface area contributed by atoms with Crippen LogP contribution in [0.15, 0.2) is 47.3 Å². The Labute approximate surface area is 158 Å². The number of hydrogen-bond donors (Lipinski definition) is 3. The average molecular weight is 363 g/mol. The molecular formula is C22H25N3O2. The maximum atomic E-state index is 12.3. The third kappa shape index (κ3) is 4.03. The molecule has 3 aromatic rings. The Morgan fingerprint density at radius 1 is 1.00 bits per heavy atom. The maximum Gasteiger partial charge on any atom is 0.256 e. The van der Waals surface area contributed by atoms with E-state index in [0.29, 0.717) is 17.8 Å². The molecule has 5 nitrogen and oxygen atoms in total. The lowest BCUT2D eigenvalue weighted by Gasteiger charge is -2.21. The van der Waals surface area contributed by atoms with E-state index in [2.05, 4.69) is 15.6 Å². The number of rotatable bonds is 5. The van der Waals surface area contributed by atoms with Crippen LogP contribution in [0, 0.1) is 5.92 Å². The summed E-state index contributed by atoms with van der Waals surface area (Å²) in [4.78, 5) is 27.4. The van der Waals surface area contributed by atoms with Gasteiger partial charge in [-0.1, -0.05) is 37.5 Å². The molecule has 2 aromatic carbocycles. The molecule has 1 aliphatic carbocycles. The Morgan fingerprint density at radius 2 is 1.78 bits per heavy atom. The van der Waals surface area contributed by atoms with Crippen molar-refractivity contribution in [2.24, 2.45) is 5.92 Å². The van der Waals surface area contributed by atoms with Crippen LogP contribution < -0.4 is 16.2 Å². The third-order valence-corrected chi connectivity index (χ3v) is 5.46. The van der Waals surface area contributed by atoms with Crippen LogP contribution in [0.25, 0.3) is 21.7 Å². The molecule has 0 spiro atoms. The number of pyridine rings is 1. The molecule has 0 aliphatic heterocycles. The summed E-state index contributed by atoms with van der Waals surface area (Å²) in [5, 5.41) is 8.72. The number of benzene rings is 2. The van der Waals surface area contributed by atoms with E-state index in [4.69, 9.17) is 0 Å². The summed E-state index contributed by atoms with van der Waals surface area (Å²) in [5.41, 5.74) is 1.41. The van der Waals surface area contributed by atoms with Gasteiger partial charge < -0.3 is 15.6 Å². The molecule has 1 heterocycles. The highest BCUT2D eigenvalue weighted by molar-refractivity contribution is 6.07. The average Bonchev–Trinajstić information content (AvgIpc) is 2.69. The molecule has 0 saturated heterocycles. The number of nitrogens with one attached hydrogen (secondary N) is 3. The molecule has 27 heavy (non-hydrogen) atoms. The smallest absolute Gasteiger partial charge is 0.256 e. The van der Waals surface area contributed by atoms with E-state index < -0.39 is 0 Å². The Hall–Kier alpha value is -2.66. The topological polar surface area (TPSA) is 74.0 Å². The summed E-state index contributed by atoms with van der Waals surface area (Å²) in [6.45, 7) is 1.23. The van der Waals surface area contributed by atoms with Crippen molar-refractivity contribution in [2.75, 3.05) is 18.4 Å². The normalized spacial score (nSPS) is 15.3. The van der Waals surface area contributed by atoms with Gasteiger partial charge in [-0.3, -0.25) is 9.59 Å². The van der Waals surface area contributed by atoms with E-state index in [1.54, 1.807) is 0 Å². The fourth-order valence-electron chi connectivity index (χ4n) is 4.05. The minimum Gasteiger partial charge on any atom is -0.325 e. The zero-order valence-corrected chi connectivity index (χ0v) is 15.4. The number of fused-ring (bicyclic) bond motifs is 3. The van der Waals surface area contributed by atoms with E-state index in [9.17, 15) is 9.59 Å². The Balaban J connectivity index is 1.45. The van der Waals surface area contributed by atoms with Gasteiger partial charge in [0, 0.05) is 22.0 Å². The van der Waals surface area contributed by atoms with Crippen LogP contribution in [-0.2, 0) is 4.79 Å². The number of aromatic nitrogens is 1. The summed E-state index contributed by atoms with van der Waals surface area (Å²) in [5.74, 6) is 0.661. The van der Waals surface area contributed by atoms with Crippen molar-refractivity contribution in [3.8, 4) is 0 Å². The zero-order chi connectivity index (χ0) is 18.6. The molecule has 5 heteroatoms. The third-order valence-electron chi connectivity index (χ3n) is 5.46. The molecule has 3 N–H and O–H groups in total. The van der Waals surface area contributed by atoms with Crippen LogP contribution in [0.4, 0.5) is 5.69 Å². The van der Waals surface area contributed by atoms with Gasteiger partial charge in [0.15, 0.2) is 0 Å². The monoisotopic (exact) mass is 363 g/mol. The maximum absolute atomic E-state index is 12.3. The minimum absolute atomic E-state index is 0.0427. The number of carbonyl (C=O) groups excluding carboxylic acids is 1. The minimum atomic E-state index is -0.0956. The van der Waals surface area contributed by atoms with Crippen molar-refractivity contribution in [1.82, 2.24) is 10.3 Å². The zero-order valence-electron chi connectivity index (χ0n) is 15.4. The van der Waals surface area contributed by atoms with Crippen LogP contribution in [0.1, 0.15) is 32.1 Å². The number of carbonyl (C=O) groups is 1. The standard InChI is InChI=1S/C22H25N3O2/c26-21(14-23-13-15-6-2-1-3-7-15)24-16-10-11-20-19(12-16)17-8-4-5-9-18(17)22(27)25-20/h4-5,8-12,15,23H,1-3,6-7,13-14H2,(H,24,26)(H,25,27). The molecule has 1 aromatic heterocycles. The van der Waals surface area contributed by atoms with E-state index in [1.807, 2.05) is 42.5 Å². The highest BCUT2D eigenvalue weighted by Crippen LogP contribution is 2.24. The van der Waals surface area contributed by atoms with Crippen LogP contribution in [0.2, 0.25) is 0 Å². The number of anilines is 1. The molecule has 4 rings (SSSR count). The van der Waals surface area contributed by atoms with Crippen molar-refractivity contribution in [1.29, 1.82) is 0 Å². The highest BCUT2D eigenvalue weighted by Gasteiger charge is 2.13. The molecule has 1 saturated carbocycles. The van der Waals surface area contributed by atoms with Gasteiger partial charge in [0.1, 0.15) is 0 Å². The van der Waals surface area contributed by atoms with Crippen LogP contribution in [-0.4, -0.2) is 24.0 Å². The van der Waals surface area contributed by atoms with Gasteiger partial charge in [-0.15, -0.1) is 0 Å². The molecule has 0 bridgehead atoms. The predicted molar refractivity (Wildman–Crippen MR) is 110 cm³/mol. The molecule has 1 fully saturated rings. The fraction of sp³-hybridized carbons (Fsp3) is 0.364. The number of hydrogen-bond acceptors (Lipinski definition) is 3. The van der Waals surface area contributed by atoms with Gasteiger partial charge >= 0.3 is 0 Å². The molecule has 0 radical (unpaired) electrons. The second kappa shape index (κ2) is 7.92. The molecule has 0 unspecified atom stereocenters. The van der Waals surface area contributed by atoms with Crippen molar-refractivity contribution in [2.45, 2.75) is 32.1 Å². The lowest BCUT2D eigenvalue weighted by molar-refractivity contribution is -0.115. The van der Waals surface area contributed by atoms with E-state index in [1.165, 1.54) is 32.1 Å². The second-order valence-electron chi connectivity index (χ2n) is 7.44. The first kappa shape index (κ1) is 17.7. The van der Waals surface area contributed by atoms with Crippen LogP contribution >= 0.6 is 0 Å². The van der Waals surface area contributed by atoms with Gasteiger partial charge in [-0.25, -0.2) is 0 Å². The van der Waals surface area contributed by atoms with Crippen molar-refractivity contribution < 1.29 is 4.79 Å². The predicted octanol–water partition coefficient (Wildman–Crippen LogP) is 3.79. The van der Waals surface area contributed by atoms with Gasteiger partial charge in [0.05, 0.1) is 6.54 Å². The van der Waals surface area contributed by atoms with Crippen LogP contribution in [0.3, 0.4) is 0 Å². The summed E-state index contributed by atoms with van der Waals surface area (Å²) in [6.07, 6.45) is 6.51. The van der Waals surface area contributed by atoms with E-state index in [0.717, 1.165) is 28.5 Å². The lowest BCUT2D eigenvalue weighted by Crippen LogP contribution is -2.32. The highest BCUT2D eigenvalue weighted by atomic mass is 16.2. The lowest BCUT2D eigenvalue weighted by atomic mass is 9.89. The fourth-order valence-corrected chi connectivity index (χ4v) is 4.05. The molecule has 1 amide bonds. The van der Waals surface area contributed by atoms with Gasteiger partial charge in [0.2, 0.25) is 5.91 Å². The first-order chi connectivity index (χ1) is 13.2. The second-order valence-corrected chi connectivity index (χ2v) is 7.44. The van der Waals surface area contributed by atoms with Crippen LogP contribution in [0.5, 0.6) is 0 Å².